The lowest BCUT2D eigenvalue weighted by Gasteiger charge is -2.28. The molecule has 1 aromatic carbocycles. The van der Waals surface area contributed by atoms with Crippen molar-refractivity contribution in [3.05, 3.63) is 48.0 Å². The number of carbonyl (C=O) groups is 1. The summed E-state index contributed by atoms with van der Waals surface area (Å²) in [5.41, 5.74) is 1.18. The van der Waals surface area contributed by atoms with Gasteiger partial charge in [0.1, 0.15) is 0 Å². The zero-order valence-electron chi connectivity index (χ0n) is 10.9. The maximum atomic E-state index is 11.9. The zero-order valence-corrected chi connectivity index (χ0v) is 10.9. The van der Waals surface area contributed by atoms with Crippen LogP contribution >= 0.6 is 0 Å². The largest absolute Gasteiger partial charge is 0.332 e. The molecule has 17 heavy (non-hydrogen) atoms. The van der Waals surface area contributed by atoms with E-state index in [9.17, 15) is 4.79 Å². The quantitative estimate of drug-likeness (QED) is 0.709. The van der Waals surface area contributed by atoms with Gasteiger partial charge < -0.3 is 4.90 Å². The van der Waals surface area contributed by atoms with Gasteiger partial charge in [-0.3, -0.25) is 4.79 Å². The van der Waals surface area contributed by atoms with Gasteiger partial charge in [-0.1, -0.05) is 49.4 Å². The number of benzene rings is 1. The third kappa shape index (κ3) is 3.74. The lowest BCUT2D eigenvalue weighted by molar-refractivity contribution is -0.132. The van der Waals surface area contributed by atoms with E-state index in [1.54, 1.807) is 0 Å². The standard InChI is InChI=1S/C15H21NO/c1-4-6-12-16(15(17)5-2)13(3)14-10-8-7-9-11-14/h4,6-11,13H,5,12H2,1-3H3/b6-4+/t13-/m0/s1. The Morgan fingerprint density at radius 3 is 2.53 bits per heavy atom. The monoisotopic (exact) mass is 231 g/mol. The summed E-state index contributed by atoms with van der Waals surface area (Å²) in [6, 6.07) is 10.3. The molecule has 0 aliphatic carbocycles. The van der Waals surface area contributed by atoms with E-state index in [-0.39, 0.29) is 11.9 Å². The average Bonchev–Trinajstić information content (AvgIpc) is 2.39. The topological polar surface area (TPSA) is 20.3 Å². The Hall–Kier alpha value is -1.57. The molecule has 0 unspecified atom stereocenters. The highest BCUT2D eigenvalue weighted by Crippen LogP contribution is 2.20. The molecule has 1 aromatic rings. The van der Waals surface area contributed by atoms with Gasteiger partial charge in [0.2, 0.25) is 5.91 Å². The van der Waals surface area contributed by atoms with Crippen molar-refractivity contribution < 1.29 is 4.79 Å². The fourth-order valence-electron chi connectivity index (χ4n) is 1.81. The number of nitrogens with zero attached hydrogens (tertiary/aromatic N) is 1. The summed E-state index contributed by atoms with van der Waals surface area (Å²) in [4.78, 5) is 13.8. The summed E-state index contributed by atoms with van der Waals surface area (Å²) >= 11 is 0. The molecule has 0 saturated heterocycles. The summed E-state index contributed by atoms with van der Waals surface area (Å²) in [6.07, 6.45) is 4.55. The molecule has 0 radical (unpaired) electrons. The second kappa shape index (κ2) is 6.89. The lowest BCUT2D eigenvalue weighted by Crippen LogP contribution is -2.33. The number of hydrogen-bond donors (Lipinski definition) is 0. The highest BCUT2D eigenvalue weighted by atomic mass is 16.2. The van der Waals surface area contributed by atoms with Crippen LogP contribution in [0.2, 0.25) is 0 Å². The molecule has 0 bridgehead atoms. The van der Waals surface area contributed by atoms with Crippen molar-refractivity contribution in [2.45, 2.75) is 33.2 Å². The smallest absolute Gasteiger partial charge is 0.223 e. The van der Waals surface area contributed by atoms with Crippen LogP contribution in [-0.4, -0.2) is 17.4 Å². The molecule has 0 fully saturated rings. The maximum Gasteiger partial charge on any atom is 0.223 e. The van der Waals surface area contributed by atoms with Crippen molar-refractivity contribution in [1.29, 1.82) is 0 Å². The summed E-state index contributed by atoms with van der Waals surface area (Å²) in [5.74, 6) is 0.194. The van der Waals surface area contributed by atoms with Crippen LogP contribution in [0.3, 0.4) is 0 Å². The van der Waals surface area contributed by atoms with Gasteiger partial charge in [-0.15, -0.1) is 0 Å². The van der Waals surface area contributed by atoms with Gasteiger partial charge in [0.15, 0.2) is 0 Å². The highest BCUT2D eigenvalue weighted by molar-refractivity contribution is 5.76. The molecule has 2 heteroatoms. The van der Waals surface area contributed by atoms with Gasteiger partial charge >= 0.3 is 0 Å². The normalized spacial score (nSPS) is 12.6. The van der Waals surface area contributed by atoms with E-state index in [0.717, 1.165) is 0 Å². The van der Waals surface area contributed by atoms with E-state index in [0.29, 0.717) is 13.0 Å². The summed E-state index contributed by atoms with van der Waals surface area (Å²) in [6.45, 7) is 6.64. The fourth-order valence-corrected chi connectivity index (χ4v) is 1.81. The van der Waals surface area contributed by atoms with Crippen molar-refractivity contribution in [2.24, 2.45) is 0 Å². The molecule has 0 aliphatic heterocycles. The zero-order chi connectivity index (χ0) is 12.7. The molecule has 0 saturated carbocycles. The van der Waals surface area contributed by atoms with Crippen LogP contribution in [0, 0.1) is 0 Å². The maximum absolute atomic E-state index is 11.9. The second-order valence-corrected chi connectivity index (χ2v) is 4.06. The molecule has 0 spiro atoms. The van der Waals surface area contributed by atoms with Crippen LogP contribution in [0.5, 0.6) is 0 Å². The summed E-state index contributed by atoms with van der Waals surface area (Å²) in [5, 5.41) is 0. The number of amides is 1. The summed E-state index contributed by atoms with van der Waals surface area (Å²) in [7, 11) is 0. The lowest BCUT2D eigenvalue weighted by atomic mass is 10.1. The van der Waals surface area contributed by atoms with E-state index in [1.807, 2.05) is 49.1 Å². The van der Waals surface area contributed by atoms with Gasteiger partial charge in [0, 0.05) is 13.0 Å². The van der Waals surface area contributed by atoms with Gasteiger partial charge in [0.25, 0.3) is 0 Å². The van der Waals surface area contributed by atoms with Crippen molar-refractivity contribution in [2.75, 3.05) is 6.54 Å². The third-order valence-corrected chi connectivity index (χ3v) is 2.91. The van der Waals surface area contributed by atoms with E-state index in [4.69, 9.17) is 0 Å². The number of rotatable bonds is 5. The Balaban J connectivity index is 2.86. The molecule has 92 valence electrons. The number of hydrogen-bond acceptors (Lipinski definition) is 1. The highest BCUT2D eigenvalue weighted by Gasteiger charge is 2.18. The number of carbonyl (C=O) groups excluding carboxylic acids is 1. The van der Waals surface area contributed by atoms with Gasteiger partial charge in [-0.05, 0) is 19.4 Å². The Kier molecular flexibility index (Phi) is 5.47. The Morgan fingerprint density at radius 2 is 2.00 bits per heavy atom. The van der Waals surface area contributed by atoms with Crippen LogP contribution in [0.4, 0.5) is 0 Å². The van der Waals surface area contributed by atoms with Crippen LogP contribution in [0.25, 0.3) is 0 Å². The van der Waals surface area contributed by atoms with Crippen LogP contribution in [0.15, 0.2) is 42.5 Å². The van der Waals surface area contributed by atoms with Crippen molar-refractivity contribution >= 4 is 5.91 Å². The molecule has 2 nitrogen and oxygen atoms in total. The van der Waals surface area contributed by atoms with Crippen LogP contribution in [-0.2, 0) is 4.79 Å². The van der Waals surface area contributed by atoms with Crippen molar-refractivity contribution in [3.8, 4) is 0 Å². The van der Waals surface area contributed by atoms with Crippen LogP contribution in [0.1, 0.15) is 38.8 Å². The molecule has 1 atom stereocenters. The Bertz CT molecular complexity index is 370. The van der Waals surface area contributed by atoms with E-state index in [1.165, 1.54) is 5.56 Å². The summed E-state index contributed by atoms with van der Waals surface area (Å²) < 4.78 is 0. The predicted octanol–water partition coefficient (Wildman–Crippen LogP) is 3.56. The van der Waals surface area contributed by atoms with Crippen molar-refractivity contribution in [3.63, 3.8) is 0 Å². The molecule has 0 heterocycles. The molecule has 0 N–H and O–H groups in total. The number of allylic oxidation sites excluding steroid dienone is 1. The molecule has 0 aromatic heterocycles. The van der Waals surface area contributed by atoms with Crippen LogP contribution < -0.4 is 0 Å². The minimum Gasteiger partial charge on any atom is -0.332 e. The minimum absolute atomic E-state index is 0.125. The minimum atomic E-state index is 0.125. The first-order chi connectivity index (χ1) is 8.20. The Morgan fingerprint density at radius 1 is 1.35 bits per heavy atom. The average molecular weight is 231 g/mol. The second-order valence-electron chi connectivity index (χ2n) is 4.06. The Labute approximate surface area is 104 Å². The van der Waals surface area contributed by atoms with Gasteiger partial charge in [-0.2, -0.15) is 0 Å². The molecular weight excluding hydrogens is 210 g/mol. The van der Waals surface area contributed by atoms with E-state index < -0.39 is 0 Å². The first-order valence-electron chi connectivity index (χ1n) is 6.16. The predicted molar refractivity (Wildman–Crippen MR) is 71.7 cm³/mol. The van der Waals surface area contributed by atoms with Crippen molar-refractivity contribution in [1.82, 2.24) is 4.90 Å². The SMILES string of the molecule is C/C=C/CN(C(=O)CC)[C@@H](C)c1ccccc1. The van der Waals surface area contributed by atoms with Gasteiger partial charge in [0.05, 0.1) is 6.04 Å². The first kappa shape index (κ1) is 13.5. The molecule has 1 amide bonds. The fraction of sp³-hybridized carbons (Fsp3) is 0.400. The third-order valence-electron chi connectivity index (χ3n) is 2.91. The van der Waals surface area contributed by atoms with E-state index >= 15 is 0 Å². The molecule has 1 rings (SSSR count). The van der Waals surface area contributed by atoms with Gasteiger partial charge in [-0.25, -0.2) is 0 Å². The molecule has 0 aliphatic rings. The first-order valence-corrected chi connectivity index (χ1v) is 6.16. The molecular formula is C15H21NO. The van der Waals surface area contributed by atoms with E-state index in [2.05, 4.69) is 19.1 Å².